The van der Waals surface area contributed by atoms with Gasteiger partial charge in [0.1, 0.15) is 6.04 Å². The van der Waals surface area contributed by atoms with Crippen LogP contribution in [0.15, 0.2) is 28.7 Å². The Balaban J connectivity index is 1.93. The van der Waals surface area contributed by atoms with Crippen molar-refractivity contribution in [1.82, 2.24) is 10.6 Å². The normalized spacial score (nSPS) is 16.2. The molecule has 0 aliphatic heterocycles. The molecule has 1 aromatic carbocycles. The molecule has 1 aromatic rings. The fourth-order valence-electron chi connectivity index (χ4n) is 3.15. The number of hydrogen-bond acceptors (Lipinski definition) is 3. The van der Waals surface area contributed by atoms with Gasteiger partial charge in [-0.15, -0.1) is 0 Å². The molecule has 0 spiro atoms. The second-order valence-electron chi connectivity index (χ2n) is 6.54. The second-order valence-corrected chi connectivity index (χ2v) is 8.38. The van der Waals surface area contributed by atoms with E-state index in [1.165, 1.54) is 32.1 Å². The van der Waals surface area contributed by atoms with E-state index in [1.54, 1.807) is 17.8 Å². The first-order valence-corrected chi connectivity index (χ1v) is 11.1. The third-order valence-electron chi connectivity index (χ3n) is 4.64. The topological polar surface area (TPSA) is 58.2 Å². The maximum Gasteiger partial charge on any atom is 0.253 e. The van der Waals surface area contributed by atoms with Crippen LogP contribution in [0.4, 0.5) is 0 Å². The van der Waals surface area contributed by atoms with Gasteiger partial charge in [-0.3, -0.25) is 9.59 Å². The van der Waals surface area contributed by atoms with E-state index in [9.17, 15) is 9.59 Å². The first-order chi connectivity index (χ1) is 12.1. The lowest BCUT2D eigenvalue weighted by Crippen LogP contribution is -2.48. The first kappa shape index (κ1) is 20.3. The Labute approximate surface area is 163 Å². The Kier molecular flexibility index (Phi) is 8.82. The third-order valence-corrected chi connectivity index (χ3v) is 5.98. The lowest BCUT2D eigenvalue weighted by Gasteiger charge is -2.24. The van der Waals surface area contributed by atoms with E-state index in [-0.39, 0.29) is 11.8 Å². The molecule has 1 atom stereocenters. The van der Waals surface area contributed by atoms with E-state index < -0.39 is 6.04 Å². The quantitative estimate of drug-likeness (QED) is 0.660. The van der Waals surface area contributed by atoms with Gasteiger partial charge in [0, 0.05) is 11.0 Å². The van der Waals surface area contributed by atoms with Crippen LogP contribution in [0.25, 0.3) is 0 Å². The average Bonchev–Trinajstić information content (AvgIpc) is 2.64. The van der Waals surface area contributed by atoms with Crippen LogP contribution in [-0.2, 0) is 4.79 Å². The minimum atomic E-state index is -0.490. The summed E-state index contributed by atoms with van der Waals surface area (Å²) >= 11 is 5.07. The standard InChI is InChI=1S/C19H27BrN2O2S/c1-25-12-11-17(19(24)21-13-14-7-3-2-4-8-14)22-18(23)15-9-5-6-10-16(15)20/h5-6,9-10,14,17H,2-4,7-8,11-13H2,1H3,(H,21,24)(H,22,23)/t17-/m1/s1. The molecule has 1 aliphatic carbocycles. The number of thioether (sulfide) groups is 1. The maximum absolute atomic E-state index is 12.6. The highest BCUT2D eigenvalue weighted by Gasteiger charge is 2.23. The summed E-state index contributed by atoms with van der Waals surface area (Å²) < 4.78 is 0.735. The monoisotopic (exact) mass is 426 g/mol. The number of amides is 2. The molecule has 2 N–H and O–H groups in total. The van der Waals surface area contributed by atoms with Crippen LogP contribution in [0.2, 0.25) is 0 Å². The number of carbonyl (C=O) groups is 2. The fraction of sp³-hybridized carbons (Fsp3) is 0.579. The van der Waals surface area contributed by atoms with Gasteiger partial charge in [0.2, 0.25) is 5.91 Å². The molecule has 1 aliphatic rings. The fourth-order valence-corrected chi connectivity index (χ4v) is 4.08. The maximum atomic E-state index is 12.6. The summed E-state index contributed by atoms with van der Waals surface area (Å²) in [5.74, 6) is 1.13. The molecule has 1 saturated carbocycles. The molecule has 2 rings (SSSR count). The van der Waals surface area contributed by atoms with Gasteiger partial charge in [-0.05, 0) is 65.3 Å². The van der Waals surface area contributed by atoms with Gasteiger partial charge in [-0.2, -0.15) is 11.8 Å². The lowest BCUT2D eigenvalue weighted by molar-refractivity contribution is -0.123. The smallest absolute Gasteiger partial charge is 0.253 e. The number of carbonyl (C=O) groups excluding carboxylic acids is 2. The van der Waals surface area contributed by atoms with Gasteiger partial charge in [0.15, 0.2) is 0 Å². The van der Waals surface area contributed by atoms with Crippen molar-refractivity contribution in [2.24, 2.45) is 5.92 Å². The molecule has 4 nitrogen and oxygen atoms in total. The van der Waals surface area contributed by atoms with Crippen LogP contribution in [0, 0.1) is 5.92 Å². The SMILES string of the molecule is CSCC[C@@H](NC(=O)c1ccccc1Br)C(=O)NCC1CCCCC1. The van der Waals surface area contributed by atoms with Gasteiger partial charge >= 0.3 is 0 Å². The molecule has 6 heteroatoms. The van der Waals surface area contributed by atoms with E-state index in [1.807, 2.05) is 24.5 Å². The summed E-state index contributed by atoms with van der Waals surface area (Å²) in [5, 5.41) is 5.96. The van der Waals surface area contributed by atoms with E-state index in [0.717, 1.165) is 16.8 Å². The van der Waals surface area contributed by atoms with E-state index in [0.29, 0.717) is 17.9 Å². The molecular formula is C19H27BrN2O2S. The summed E-state index contributed by atoms with van der Waals surface area (Å²) in [6.45, 7) is 0.722. The van der Waals surface area contributed by atoms with Gasteiger partial charge in [-0.25, -0.2) is 0 Å². The van der Waals surface area contributed by atoms with Crippen molar-refractivity contribution < 1.29 is 9.59 Å². The van der Waals surface area contributed by atoms with Crippen LogP contribution < -0.4 is 10.6 Å². The van der Waals surface area contributed by atoms with Crippen molar-refractivity contribution in [3.05, 3.63) is 34.3 Å². The summed E-state index contributed by atoms with van der Waals surface area (Å²) in [6.07, 6.45) is 8.85. The molecule has 0 bridgehead atoms. The molecule has 0 aromatic heterocycles. The van der Waals surface area contributed by atoms with Crippen LogP contribution in [-0.4, -0.2) is 36.4 Å². The van der Waals surface area contributed by atoms with E-state index in [2.05, 4.69) is 26.6 Å². The van der Waals surface area contributed by atoms with Crippen molar-refractivity contribution in [3.8, 4) is 0 Å². The lowest BCUT2D eigenvalue weighted by atomic mass is 9.89. The zero-order valence-electron chi connectivity index (χ0n) is 14.7. The Morgan fingerprint density at radius 1 is 1.24 bits per heavy atom. The van der Waals surface area contributed by atoms with E-state index in [4.69, 9.17) is 0 Å². The molecule has 0 heterocycles. The molecule has 0 saturated heterocycles. The largest absolute Gasteiger partial charge is 0.354 e. The van der Waals surface area contributed by atoms with Crippen LogP contribution in [0.3, 0.4) is 0 Å². The number of halogens is 1. The Hall–Kier alpha value is -1.01. The predicted molar refractivity (Wildman–Crippen MR) is 108 cm³/mol. The van der Waals surface area contributed by atoms with E-state index >= 15 is 0 Å². The molecule has 0 unspecified atom stereocenters. The van der Waals surface area contributed by atoms with Gasteiger partial charge < -0.3 is 10.6 Å². The minimum absolute atomic E-state index is 0.0694. The number of nitrogens with one attached hydrogen (secondary N) is 2. The molecule has 25 heavy (non-hydrogen) atoms. The van der Waals surface area contributed by atoms with Crippen molar-refractivity contribution in [1.29, 1.82) is 0 Å². The van der Waals surface area contributed by atoms with Crippen LogP contribution in [0.5, 0.6) is 0 Å². The average molecular weight is 427 g/mol. The summed E-state index contributed by atoms with van der Waals surface area (Å²) in [6, 6.07) is 6.78. The molecule has 0 radical (unpaired) electrons. The second kappa shape index (κ2) is 10.9. The molecule has 2 amide bonds. The van der Waals surface area contributed by atoms with Crippen LogP contribution in [0.1, 0.15) is 48.9 Å². The summed E-state index contributed by atoms with van der Waals surface area (Å²) in [4.78, 5) is 25.1. The zero-order chi connectivity index (χ0) is 18.1. The Bertz CT molecular complexity index is 576. The predicted octanol–water partition coefficient (Wildman–Crippen LogP) is 4.00. The zero-order valence-corrected chi connectivity index (χ0v) is 17.1. The first-order valence-electron chi connectivity index (χ1n) is 8.94. The van der Waals surface area contributed by atoms with Crippen molar-refractivity contribution in [2.45, 2.75) is 44.6 Å². The highest BCUT2D eigenvalue weighted by Crippen LogP contribution is 2.22. The Morgan fingerprint density at radius 3 is 2.64 bits per heavy atom. The number of benzene rings is 1. The van der Waals surface area contributed by atoms with Crippen LogP contribution >= 0.6 is 27.7 Å². The van der Waals surface area contributed by atoms with Crippen molar-refractivity contribution in [2.75, 3.05) is 18.6 Å². The summed E-state index contributed by atoms with van der Waals surface area (Å²) in [7, 11) is 0. The van der Waals surface area contributed by atoms with Gasteiger partial charge in [0.05, 0.1) is 5.56 Å². The van der Waals surface area contributed by atoms with Gasteiger partial charge in [0.25, 0.3) is 5.91 Å². The number of rotatable bonds is 8. The highest BCUT2D eigenvalue weighted by atomic mass is 79.9. The van der Waals surface area contributed by atoms with Gasteiger partial charge in [-0.1, -0.05) is 31.4 Å². The number of hydrogen-bond donors (Lipinski definition) is 2. The molecular weight excluding hydrogens is 400 g/mol. The van der Waals surface area contributed by atoms with Crippen molar-refractivity contribution in [3.63, 3.8) is 0 Å². The van der Waals surface area contributed by atoms with Crippen molar-refractivity contribution >= 4 is 39.5 Å². The summed E-state index contributed by atoms with van der Waals surface area (Å²) in [5.41, 5.74) is 0.553. The molecule has 1 fully saturated rings. The molecule has 138 valence electrons. The minimum Gasteiger partial charge on any atom is -0.354 e. The highest BCUT2D eigenvalue weighted by molar-refractivity contribution is 9.10. The Morgan fingerprint density at radius 2 is 1.96 bits per heavy atom. The third kappa shape index (κ3) is 6.66.